The minimum Gasteiger partial charge on any atom is -0.491 e. The van der Waals surface area contributed by atoms with Crippen LogP contribution in [-0.2, 0) is 6.54 Å². The molecule has 112 valence electrons. The van der Waals surface area contributed by atoms with Gasteiger partial charge < -0.3 is 26.8 Å². The third-order valence-corrected chi connectivity index (χ3v) is 2.55. The number of amides is 2. The topological polar surface area (TPSA) is 102 Å². The maximum atomic E-state index is 11.8. The maximum Gasteiger partial charge on any atom is 0.319 e. The van der Waals surface area contributed by atoms with Gasteiger partial charge in [0.25, 0.3) is 0 Å². The van der Waals surface area contributed by atoms with Crippen molar-refractivity contribution in [1.29, 1.82) is 0 Å². The molecule has 0 bridgehead atoms. The molecule has 0 aliphatic rings. The van der Waals surface area contributed by atoms with Gasteiger partial charge in [-0.25, -0.2) is 4.79 Å². The third kappa shape index (κ3) is 5.46. The van der Waals surface area contributed by atoms with Crippen LogP contribution < -0.4 is 26.8 Å². The molecule has 0 spiro atoms. The second-order valence-electron chi connectivity index (χ2n) is 4.78. The first-order valence-electron chi connectivity index (χ1n) is 6.80. The molecule has 20 heavy (non-hydrogen) atoms. The number of nitrogens with one attached hydrogen (secondary N) is 2. The summed E-state index contributed by atoms with van der Waals surface area (Å²) in [5.41, 5.74) is 12.6. The average molecular weight is 280 g/mol. The molecule has 0 aliphatic carbocycles. The summed E-state index contributed by atoms with van der Waals surface area (Å²) >= 11 is 0. The molecule has 2 amide bonds. The predicted octanol–water partition coefficient (Wildman–Crippen LogP) is 1.40. The second kappa shape index (κ2) is 8.39. The van der Waals surface area contributed by atoms with E-state index in [0.717, 1.165) is 12.0 Å². The predicted molar refractivity (Wildman–Crippen MR) is 80.8 cm³/mol. The number of urea groups is 1. The number of ether oxygens (including phenoxy) is 1. The molecule has 6 nitrogen and oxygen atoms in total. The summed E-state index contributed by atoms with van der Waals surface area (Å²) in [7, 11) is 0. The van der Waals surface area contributed by atoms with Crippen molar-refractivity contribution < 1.29 is 9.53 Å². The fourth-order valence-electron chi connectivity index (χ4n) is 1.61. The summed E-state index contributed by atoms with van der Waals surface area (Å²) in [6.45, 7) is 5.28. The zero-order chi connectivity index (χ0) is 15.0. The Kier molecular flexibility index (Phi) is 6.83. The Morgan fingerprint density at radius 2 is 2.10 bits per heavy atom. The van der Waals surface area contributed by atoms with E-state index in [1.165, 1.54) is 0 Å². The summed E-state index contributed by atoms with van der Waals surface area (Å²) in [5.74, 6) is 0.620. The number of carbonyl (C=O) groups excluding carboxylic acids is 1. The maximum absolute atomic E-state index is 11.8. The van der Waals surface area contributed by atoms with Crippen molar-refractivity contribution in [3.05, 3.63) is 23.8 Å². The summed E-state index contributed by atoms with van der Waals surface area (Å²) in [4.78, 5) is 11.8. The van der Waals surface area contributed by atoms with Crippen LogP contribution in [-0.4, -0.2) is 25.2 Å². The van der Waals surface area contributed by atoms with E-state index in [9.17, 15) is 4.79 Å². The van der Waals surface area contributed by atoms with E-state index >= 15 is 0 Å². The van der Waals surface area contributed by atoms with Crippen LogP contribution in [0.4, 0.5) is 10.5 Å². The molecule has 0 heterocycles. The van der Waals surface area contributed by atoms with Gasteiger partial charge in [0.1, 0.15) is 5.75 Å². The molecular formula is C14H24N4O2. The molecule has 0 unspecified atom stereocenters. The standard InChI is InChI=1S/C14H24N4O2/c1-10(2)17-14(19)18-12-8-11(9-16)4-5-13(12)20-7-3-6-15/h4-5,8,10H,3,6-7,9,15-16H2,1-2H3,(H2,17,18,19). The van der Waals surface area contributed by atoms with Gasteiger partial charge >= 0.3 is 6.03 Å². The molecule has 1 aromatic carbocycles. The van der Waals surface area contributed by atoms with Crippen molar-refractivity contribution in [2.75, 3.05) is 18.5 Å². The van der Waals surface area contributed by atoms with Gasteiger partial charge in [-0.1, -0.05) is 6.07 Å². The number of carbonyl (C=O) groups is 1. The molecule has 1 rings (SSSR count). The van der Waals surface area contributed by atoms with E-state index in [-0.39, 0.29) is 12.1 Å². The van der Waals surface area contributed by atoms with Gasteiger partial charge in [0, 0.05) is 12.6 Å². The first-order chi connectivity index (χ1) is 9.56. The molecule has 0 aliphatic heterocycles. The highest BCUT2D eigenvalue weighted by Crippen LogP contribution is 2.26. The number of hydrogen-bond acceptors (Lipinski definition) is 4. The van der Waals surface area contributed by atoms with Gasteiger partial charge in [0.15, 0.2) is 0 Å². The Labute approximate surface area is 119 Å². The van der Waals surface area contributed by atoms with Crippen molar-refractivity contribution in [1.82, 2.24) is 5.32 Å². The van der Waals surface area contributed by atoms with E-state index in [2.05, 4.69) is 10.6 Å². The monoisotopic (exact) mass is 280 g/mol. The molecular weight excluding hydrogens is 256 g/mol. The van der Waals surface area contributed by atoms with Crippen molar-refractivity contribution in [3.8, 4) is 5.75 Å². The van der Waals surface area contributed by atoms with Crippen LogP contribution in [0.2, 0.25) is 0 Å². The number of nitrogens with two attached hydrogens (primary N) is 2. The SMILES string of the molecule is CC(C)NC(=O)Nc1cc(CN)ccc1OCCCN. The number of benzene rings is 1. The van der Waals surface area contributed by atoms with Crippen LogP contribution >= 0.6 is 0 Å². The number of hydrogen-bond donors (Lipinski definition) is 4. The first kappa shape index (κ1) is 16.3. The lowest BCUT2D eigenvalue weighted by Crippen LogP contribution is -2.34. The lowest BCUT2D eigenvalue weighted by Gasteiger charge is -2.15. The largest absolute Gasteiger partial charge is 0.491 e. The minimum absolute atomic E-state index is 0.0642. The smallest absolute Gasteiger partial charge is 0.319 e. The van der Waals surface area contributed by atoms with Gasteiger partial charge in [0.2, 0.25) is 0 Å². The molecule has 0 saturated heterocycles. The van der Waals surface area contributed by atoms with Crippen molar-refractivity contribution >= 4 is 11.7 Å². The molecule has 6 heteroatoms. The fraction of sp³-hybridized carbons (Fsp3) is 0.500. The van der Waals surface area contributed by atoms with Crippen LogP contribution in [0.3, 0.4) is 0 Å². The van der Waals surface area contributed by atoms with Crippen LogP contribution in [0.5, 0.6) is 5.75 Å². The van der Waals surface area contributed by atoms with E-state index in [1.807, 2.05) is 32.0 Å². The summed E-state index contributed by atoms with van der Waals surface area (Å²) in [5, 5.41) is 5.55. The normalized spacial score (nSPS) is 10.4. The highest BCUT2D eigenvalue weighted by Gasteiger charge is 2.09. The lowest BCUT2D eigenvalue weighted by molar-refractivity contribution is 0.249. The Morgan fingerprint density at radius 3 is 2.70 bits per heavy atom. The molecule has 0 aromatic heterocycles. The second-order valence-corrected chi connectivity index (χ2v) is 4.78. The van der Waals surface area contributed by atoms with Gasteiger partial charge in [0.05, 0.1) is 12.3 Å². The van der Waals surface area contributed by atoms with Gasteiger partial charge in [-0.05, 0) is 44.5 Å². The Balaban J connectivity index is 2.80. The molecule has 0 fully saturated rings. The van der Waals surface area contributed by atoms with Crippen LogP contribution in [0, 0.1) is 0 Å². The fourth-order valence-corrected chi connectivity index (χ4v) is 1.61. The van der Waals surface area contributed by atoms with E-state index in [4.69, 9.17) is 16.2 Å². The molecule has 6 N–H and O–H groups in total. The van der Waals surface area contributed by atoms with Gasteiger partial charge in [-0.3, -0.25) is 0 Å². The van der Waals surface area contributed by atoms with Gasteiger partial charge in [-0.2, -0.15) is 0 Å². The van der Waals surface area contributed by atoms with Crippen LogP contribution in [0.1, 0.15) is 25.8 Å². The molecule has 0 atom stereocenters. The Bertz CT molecular complexity index is 435. The summed E-state index contributed by atoms with van der Waals surface area (Å²) in [6.07, 6.45) is 0.760. The highest BCUT2D eigenvalue weighted by atomic mass is 16.5. The highest BCUT2D eigenvalue weighted by molar-refractivity contribution is 5.91. The Hall–Kier alpha value is -1.79. The molecule has 0 radical (unpaired) electrons. The van der Waals surface area contributed by atoms with Crippen molar-refractivity contribution in [2.45, 2.75) is 32.9 Å². The minimum atomic E-state index is -0.266. The van der Waals surface area contributed by atoms with Crippen LogP contribution in [0.15, 0.2) is 18.2 Å². The summed E-state index contributed by atoms with van der Waals surface area (Å²) < 4.78 is 5.62. The van der Waals surface area contributed by atoms with Crippen LogP contribution in [0.25, 0.3) is 0 Å². The van der Waals surface area contributed by atoms with E-state index < -0.39 is 0 Å². The zero-order valence-electron chi connectivity index (χ0n) is 12.1. The molecule has 0 saturated carbocycles. The van der Waals surface area contributed by atoms with E-state index in [0.29, 0.717) is 31.1 Å². The quantitative estimate of drug-likeness (QED) is 0.567. The number of anilines is 1. The van der Waals surface area contributed by atoms with Gasteiger partial charge in [-0.15, -0.1) is 0 Å². The van der Waals surface area contributed by atoms with E-state index in [1.54, 1.807) is 0 Å². The van der Waals surface area contributed by atoms with Crippen molar-refractivity contribution in [3.63, 3.8) is 0 Å². The van der Waals surface area contributed by atoms with Crippen molar-refractivity contribution in [2.24, 2.45) is 11.5 Å². The lowest BCUT2D eigenvalue weighted by atomic mass is 10.2. The molecule has 1 aromatic rings. The number of rotatable bonds is 7. The summed E-state index contributed by atoms with van der Waals surface area (Å²) in [6, 6.07) is 5.30. The third-order valence-electron chi connectivity index (χ3n) is 2.55. The Morgan fingerprint density at radius 1 is 1.35 bits per heavy atom. The zero-order valence-corrected chi connectivity index (χ0v) is 12.1. The average Bonchev–Trinajstić information content (AvgIpc) is 2.39. The first-order valence-corrected chi connectivity index (χ1v) is 6.80.